The van der Waals surface area contributed by atoms with Crippen LogP contribution in [0.25, 0.3) is 0 Å². The molecule has 2 rings (SSSR count). The molecule has 7 heteroatoms. The van der Waals surface area contributed by atoms with Gasteiger partial charge in [0.2, 0.25) is 0 Å². The summed E-state index contributed by atoms with van der Waals surface area (Å²) in [6.07, 6.45) is 11.2. The standard InChI is InChI=1S/C18H28N2O5/c1-2-11-24-18(23)20-19-12-14-13(15-9-10-16(14)25-15)7-5-3-4-6-8-17(21)22/h3,5,12-16H,2,4,6-11H2,1H3,(H,20,23)(H,21,22)/t13-,14-,15-,16+/m1/s1. The zero-order chi connectivity index (χ0) is 18.1. The monoisotopic (exact) mass is 352 g/mol. The van der Waals surface area contributed by atoms with Gasteiger partial charge in [-0.1, -0.05) is 19.1 Å². The molecule has 140 valence electrons. The predicted octanol–water partition coefficient (Wildman–Crippen LogP) is 3.10. The number of nitrogens with zero attached hydrogens (tertiary/aromatic N) is 1. The van der Waals surface area contributed by atoms with E-state index in [-0.39, 0.29) is 24.5 Å². The first-order chi connectivity index (χ1) is 12.1. The Morgan fingerprint density at radius 3 is 2.88 bits per heavy atom. The van der Waals surface area contributed by atoms with Gasteiger partial charge in [-0.25, -0.2) is 10.2 Å². The SMILES string of the molecule is CCCOC(=O)NN=C[C@@H]1[C@@H](CC=CCCCC(=O)O)[C@H]2CC[C@@H]1O2. The summed E-state index contributed by atoms with van der Waals surface area (Å²) >= 11 is 0. The molecule has 4 atom stereocenters. The molecule has 0 spiro atoms. The molecule has 0 aromatic rings. The Balaban J connectivity index is 1.77. The number of carbonyl (C=O) groups excluding carboxylic acids is 1. The predicted molar refractivity (Wildman–Crippen MR) is 93.4 cm³/mol. The number of allylic oxidation sites excluding steroid dienone is 2. The molecule has 2 fully saturated rings. The Morgan fingerprint density at radius 1 is 1.32 bits per heavy atom. The third kappa shape index (κ3) is 6.16. The van der Waals surface area contributed by atoms with Gasteiger partial charge in [-0.2, -0.15) is 5.10 Å². The van der Waals surface area contributed by atoms with Gasteiger partial charge < -0.3 is 14.6 Å². The van der Waals surface area contributed by atoms with Gasteiger partial charge in [-0.05, 0) is 44.4 Å². The van der Waals surface area contributed by atoms with Crippen LogP contribution < -0.4 is 5.43 Å². The summed E-state index contributed by atoms with van der Waals surface area (Å²) < 4.78 is 10.9. The van der Waals surface area contributed by atoms with Crippen molar-refractivity contribution in [2.24, 2.45) is 16.9 Å². The second kappa shape index (κ2) is 10.2. The van der Waals surface area contributed by atoms with E-state index in [1.807, 2.05) is 13.0 Å². The zero-order valence-electron chi connectivity index (χ0n) is 14.7. The third-order valence-electron chi connectivity index (χ3n) is 4.66. The number of hydrogen-bond acceptors (Lipinski definition) is 5. The first kappa shape index (κ1) is 19.4. The van der Waals surface area contributed by atoms with Crippen LogP contribution in [0.4, 0.5) is 4.79 Å². The number of amides is 1. The number of carboxylic acids is 1. The summed E-state index contributed by atoms with van der Waals surface area (Å²) in [5.74, 6) is -0.211. The molecular weight excluding hydrogens is 324 g/mol. The number of ether oxygens (including phenoxy) is 2. The number of carbonyl (C=O) groups is 2. The maximum atomic E-state index is 11.4. The minimum absolute atomic E-state index is 0.174. The highest BCUT2D eigenvalue weighted by Crippen LogP contribution is 2.44. The van der Waals surface area contributed by atoms with Crippen LogP contribution in [0, 0.1) is 11.8 Å². The van der Waals surface area contributed by atoms with Gasteiger partial charge in [0.15, 0.2) is 0 Å². The highest BCUT2D eigenvalue weighted by molar-refractivity contribution is 5.70. The molecule has 0 aromatic carbocycles. The summed E-state index contributed by atoms with van der Waals surface area (Å²) in [5.41, 5.74) is 2.40. The van der Waals surface area contributed by atoms with Crippen LogP contribution in [0.2, 0.25) is 0 Å². The number of rotatable bonds is 10. The summed E-state index contributed by atoms with van der Waals surface area (Å²) in [4.78, 5) is 21.9. The molecule has 0 unspecified atom stereocenters. The minimum Gasteiger partial charge on any atom is -0.481 e. The Morgan fingerprint density at radius 2 is 2.12 bits per heavy atom. The van der Waals surface area contributed by atoms with Crippen molar-refractivity contribution in [2.45, 2.75) is 64.1 Å². The van der Waals surface area contributed by atoms with Crippen LogP contribution in [0.3, 0.4) is 0 Å². The van der Waals surface area contributed by atoms with Crippen molar-refractivity contribution in [3.8, 4) is 0 Å². The maximum Gasteiger partial charge on any atom is 0.427 e. The van der Waals surface area contributed by atoms with Crippen molar-refractivity contribution in [3.05, 3.63) is 12.2 Å². The molecule has 0 aliphatic carbocycles. The van der Waals surface area contributed by atoms with Gasteiger partial charge >= 0.3 is 12.1 Å². The van der Waals surface area contributed by atoms with E-state index in [2.05, 4.69) is 16.6 Å². The normalized spacial score (nSPS) is 28.0. The summed E-state index contributed by atoms with van der Waals surface area (Å²) in [6, 6.07) is 0. The Bertz CT molecular complexity index is 506. The van der Waals surface area contributed by atoms with Crippen molar-refractivity contribution >= 4 is 18.3 Å². The minimum atomic E-state index is -0.754. The molecule has 2 saturated heterocycles. The number of nitrogens with one attached hydrogen (secondary N) is 1. The first-order valence-electron chi connectivity index (χ1n) is 9.10. The maximum absolute atomic E-state index is 11.4. The first-order valence-corrected chi connectivity index (χ1v) is 9.10. The Hall–Kier alpha value is -1.89. The number of carboxylic acid groups (broad SMARTS) is 1. The van der Waals surface area contributed by atoms with Gasteiger partial charge in [-0.3, -0.25) is 4.79 Å². The molecule has 2 heterocycles. The van der Waals surface area contributed by atoms with Crippen molar-refractivity contribution in [3.63, 3.8) is 0 Å². The number of aliphatic carboxylic acids is 1. The lowest BCUT2D eigenvalue weighted by Crippen LogP contribution is -2.29. The molecule has 0 saturated carbocycles. The highest BCUT2D eigenvalue weighted by atomic mass is 16.6. The molecule has 0 radical (unpaired) electrons. The number of hydrogen-bond donors (Lipinski definition) is 2. The quantitative estimate of drug-likeness (QED) is 0.272. The van der Waals surface area contributed by atoms with E-state index >= 15 is 0 Å². The van der Waals surface area contributed by atoms with E-state index < -0.39 is 12.1 Å². The molecule has 7 nitrogen and oxygen atoms in total. The lowest BCUT2D eigenvalue weighted by molar-refractivity contribution is -0.137. The number of fused-ring (bicyclic) bond motifs is 2. The van der Waals surface area contributed by atoms with Crippen LogP contribution in [0.1, 0.15) is 51.9 Å². The smallest absolute Gasteiger partial charge is 0.427 e. The average Bonchev–Trinajstić information content (AvgIpc) is 3.18. The van der Waals surface area contributed by atoms with Gasteiger partial charge in [0.1, 0.15) is 0 Å². The van der Waals surface area contributed by atoms with E-state index in [9.17, 15) is 9.59 Å². The zero-order valence-corrected chi connectivity index (χ0v) is 14.7. The van der Waals surface area contributed by atoms with E-state index in [4.69, 9.17) is 14.6 Å². The number of hydrazone groups is 1. The van der Waals surface area contributed by atoms with E-state index in [1.165, 1.54) is 0 Å². The summed E-state index contributed by atoms with van der Waals surface area (Å²) in [5, 5.41) is 12.7. The van der Waals surface area contributed by atoms with Gasteiger partial charge in [0, 0.05) is 18.6 Å². The van der Waals surface area contributed by atoms with Crippen molar-refractivity contribution in [2.75, 3.05) is 6.61 Å². The van der Waals surface area contributed by atoms with Crippen LogP contribution >= 0.6 is 0 Å². The molecular formula is C18H28N2O5. The van der Waals surface area contributed by atoms with Crippen LogP contribution in [-0.2, 0) is 14.3 Å². The number of unbranched alkanes of at least 4 members (excludes halogenated alkanes) is 1. The fraction of sp³-hybridized carbons (Fsp3) is 0.722. The van der Waals surface area contributed by atoms with Crippen molar-refractivity contribution in [1.82, 2.24) is 5.43 Å². The molecule has 2 aliphatic heterocycles. The lowest BCUT2D eigenvalue weighted by atomic mass is 9.78. The van der Waals surface area contributed by atoms with Crippen LogP contribution in [0.5, 0.6) is 0 Å². The Labute approximate surface area is 148 Å². The lowest BCUT2D eigenvalue weighted by Gasteiger charge is -2.23. The van der Waals surface area contributed by atoms with E-state index in [1.54, 1.807) is 6.21 Å². The third-order valence-corrected chi connectivity index (χ3v) is 4.66. The van der Waals surface area contributed by atoms with Crippen molar-refractivity contribution < 1.29 is 24.2 Å². The van der Waals surface area contributed by atoms with Gasteiger partial charge in [0.25, 0.3) is 0 Å². The molecule has 0 aromatic heterocycles. The summed E-state index contributed by atoms with van der Waals surface area (Å²) in [6.45, 7) is 2.32. The molecule has 25 heavy (non-hydrogen) atoms. The average molecular weight is 352 g/mol. The second-order valence-electron chi connectivity index (χ2n) is 6.55. The molecule has 2 aliphatic rings. The van der Waals surface area contributed by atoms with Gasteiger partial charge in [-0.15, -0.1) is 0 Å². The van der Waals surface area contributed by atoms with Gasteiger partial charge in [0.05, 0.1) is 18.8 Å². The molecule has 2 bridgehead atoms. The van der Waals surface area contributed by atoms with E-state index in [0.29, 0.717) is 18.9 Å². The Kier molecular flexibility index (Phi) is 7.91. The topological polar surface area (TPSA) is 97.2 Å². The van der Waals surface area contributed by atoms with Crippen LogP contribution in [-0.4, -0.2) is 42.2 Å². The molecule has 1 amide bonds. The second-order valence-corrected chi connectivity index (χ2v) is 6.55. The van der Waals surface area contributed by atoms with Crippen molar-refractivity contribution in [1.29, 1.82) is 0 Å². The molecule has 2 N–H and O–H groups in total. The van der Waals surface area contributed by atoms with E-state index in [0.717, 1.165) is 32.1 Å². The largest absolute Gasteiger partial charge is 0.481 e. The fourth-order valence-corrected chi connectivity index (χ4v) is 3.47. The fourth-order valence-electron chi connectivity index (χ4n) is 3.47. The highest BCUT2D eigenvalue weighted by Gasteiger charge is 2.47. The summed E-state index contributed by atoms with van der Waals surface area (Å²) in [7, 11) is 0. The van der Waals surface area contributed by atoms with Crippen LogP contribution in [0.15, 0.2) is 17.3 Å².